The van der Waals surface area contributed by atoms with Crippen molar-refractivity contribution in [3.8, 4) is 0 Å². The summed E-state index contributed by atoms with van der Waals surface area (Å²) in [6.45, 7) is 2.09. The van der Waals surface area contributed by atoms with Crippen molar-refractivity contribution in [3.05, 3.63) is 28.0 Å². The lowest BCUT2D eigenvalue weighted by atomic mass is 10.3. The third-order valence-corrected chi connectivity index (χ3v) is 2.29. The molecule has 0 unspecified atom stereocenters. The maximum atomic E-state index is 8.94. The lowest BCUT2D eigenvalue weighted by molar-refractivity contribution is -0.682. The van der Waals surface area contributed by atoms with Gasteiger partial charge in [0.2, 0.25) is 5.69 Å². The van der Waals surface area contributed by atoms with Crippen LogP contribution in [0.2, 0.25) is 0 Å². The lowest BCUT2D eigenvalue weighted by Gasteiger charge is -1.99. The highest BCUT2D eigenvalue weighted by Gasteiger charge is 2.10. The first kappa shape index (κ1) is 8.68. The van der Waals surface area contributed by atoms with E-state index in [1.165, 1.54) is 5.56 Å². The standard InChI is InChI=1S/C8H11BrNO/c1-6-3-7(9)8(5-11)10(2)4-6/h3-4,11H,5H2,1-2H3/q+1. The van der Waals surface area contributed by atoms with Gasteiger partial charge in [-0.2, -0.15) is 0 Å². The van der Waals surface area contributed by atoms with E-state index in [1.807, 2.05) is 30.8 Å². The van der Waals surface area contributed by atoms with Crippen LogP contribution < -0.4 is 4.57 Å². The van der Waals surface area contributed by atoms with Crippen molar-refractivity contribution in [2.75, 3.05) is 0 Å². The molecule has 2 nitrogen and oxygen atoms in total. The summed E-state index contributed by atoms with van der Waals surface area (Å²) < 4.78 is 2.88. The van der Waals surface area contributed by atoms with Gasteiger partial charge in [-0.1, -0.05) is 0 Å². The maximum absolute atomic E-state index is 8.94. The van der Waals surface area contributed by atoms with Crippen LogP contribution in [0.5, 0.6) is 0 Å². The van der Waals surface area contributed by atoms with Gasteiger partial charge < -0.3 is 5.11 Å². The van der Waals surface area contributed by atoms with Crippen LogP contribution in [0.15, 0.2) is 16.7 Å². The van der Waals surface area contributed by atoms with Gasteiger partial charge in [0.05, 0.1) is 4.47 Å². The first-order chi connectivity index (χ1) is 5.15. The summed E-state index contributed by atoms with van der Waals surface area (Å²) >= 11 is 3.38. The number of hydrogen-bond acceptors (Lipinski definition) is 1. The molecule has 0 saturated heterocycles. The minimum absolute atomic E-state index is 0.0668. The monoisotopic (exact) mass is 216 g/mol. The highest BCUT2D eigenvalue weighted by molar-refractivity contribution is 9.10. The second-order valence-corrected chi connectivity index (χ2v) is 3.44. The number of aliphatic hydroxyl groups is 1. The Morgan fingerprint density at radius 1 is 1.64 bits per heavy atom. The zero-order valence-electron chi connectivity index (χ0n) is 6.63. The highest BCUT2D eigenvalue weighted by Crippen LogP contribution is 2.13. The number of hydrogen-bond donors (Lipinski definition) is 1. The van der Waals surface area contributed by atoms with Gasteiger partial charge in [-0.25, -0.2) is 4.57 Å². The van der Waals surface area contributed by atoms with E-state index in [-0.39, 0.29) is 6.61 Å². The maximum Gasteiger partial charge on any atom is 0.221 e. The van der Waals surface area contributed by atoms with Gasteiger partial charge in [0.25, 0.3) is 0 Å². The smallest absolute Gasteiger partial charge is 0.221 e. The van der Waals surface area contributed by atoms with Gasteiger partial charge in [-0.15, -0.1) is 0 Å². The van der Waals surface area contributed by atoms with Crippen LogP contribution in [-0.2, 0) is 13.7 Å². The molecule has 0 fully saturated rings. The van der Waals surface area contributed by atoms with E-state index in [0.717, 1.165) is 10.2 Å². The number of halogens is 1. The quantitative estimate of drug-likeness (QED) is 0.699. The third kappa shape index (κ3) is 1.79. The number of nitrogens with zero attached hydrogens (tertiary/aromatic N) is 1. The fourth-order valence-electron chi connectivity index (χ4n) is 1.06. The predicted molar refractivity (Wildman–Crippen MR) is 46.0 cm³/mol. The summed E-state index contributed by atoms with van der Waals surface area (Å²) in [5.41, 5.74) is 2.08. The van der Waals surface area contributed by atoms with Gasteiger partial charge >= 0.3 is 0 Å². The third-order valence-electron chi connectivity index (χ3n) is 1.60. The van der Waals surface area contributed by atoms with Crippen LogP contribution in [0.1, 0.15) is 11.3 Å². The Bertz CT molecular complexity index is 250. The van der Waals surface area contributed by atoms with Gasteiger partial charge in [0, 0.05) is 5.56 Å². The topological polar surface area (TPSA) is 24.1 Å². The Morgan fingerprint density at radius 2 is 2.27 bits per heavy atom. The van der Waals surface area contributed by atoms with Crippen molar-refractivity contribution < 1.29 is 9.67 Å². The van der Waals surface area contributed by atoms with E-state index in [1.54, 1.807) is 0 Å². The Hall–Kier alpha value is -0.410. The molecule has 0 atom stereocenters. The molecule has 0 spiro atoms. The minimum Gasteiger partial charge on any atom is -0.385 e. The molecule has 1 N–H and O–H groups in total. The second-order valence-electron chi connectivity index (χ2n) is 2.58. The summed E-state index contributed by atoms with van der Waals surface area (Å²) in [4.78, 5) is 0. The predicted octanol–water partition coefficient (Wildman–Crippen LogP) is 1.07. The van der Waals surface area contributed by atoms with Crippen molar-refractivity contribution in [1.82, 2.24) is 0 Å². The highest BCUT2D eigenvalue weighted by atomic mass is 79.9. The van der Waals surface area contributed by atoms with Crippen LogP contribution in [-0.4, -0.2) is 5.11 Å². The van der Waals surface area contributed by atoms with E-state index in [9.17, 15) is 0 Å². The SMILES string of the molecule is Cc1cc(Br)c(CO)[n+](C)c1. The van der Waals surface area contributed by atoms with Crippen molar-refractivity contribution >= 4 is 15.9 Å². The Morgan fingerprint density at radius 3 is 2.73 bits per heavy atom. The van der Waals surface area contributed by atoms with Gasteiger partial charge in [-0.3, -0.25) is 0 Å². The lowest BCUT2D eigenvalue weighted by Crippen LogP contribution is -2.34. The summed E-state index contributed by atoms with van der Waals surface area (Å²) in [6.07, 6.45) is 1.98. The normalized spacial score (nSPS) is 10.2. The van der Waals surface area contributed by atoms with Gasteiger partial charge in [-0.05, 0) is 28.9 Å². The summed E-state index contributed by atoms with van der Waals surface area (Å²) in [5, 5.41) is 8.94. The molecule has 60 valence electrons. The van der Waals surface area contributed by atoms with Crippen molar-refractivity contribution in [2.24, 2.45) is 7.05 Å². The van der Waals surface area contributed by atoms with E-state index in [4.69, 9.17) is 5.11 Å². The fraction of sp³-hybridized carbons (Fsp3) is 0.375. The van der Waals surface area contributed by atoms with Gasteiger partial charge in [0.1, 0.15) is 13.7 Å². The van der Waals surface area contributed by atoms with E-state index in [0.29, 0.717) is 0 Å². The zero-order chi connectivity index (χ0) is 8.43. The molecular formula is C8H11BrNO+. The Kier molecular flexibility index (Phi) is 2.62. The van der Waals surface area contributed by atoms with Crippen LogP contribution in [0.25, 0.3) is 0 Å². The number of aromatic nitrogens is 1. The van der Waals surface area contributed by atoms with Crippen LogP contribution in [0, 0.1) is 6.92 Å². The molecule has 0 aliphatic carbocycles. The molecule has 1 rings (SSSR count). The molecule has 11 heavy (non-hydrogen) atoms. The molecule has 0 saturated carbocycles. The van der Waals surface area contributed by atoms with E-state index >= 15 is 0 Å². The number of pyridine rings is 1. The van der Waals surface area contributed by atoms with Crippen LogP contribution in [0.3, 0.4) is 0 Å². The molecular weight excluding hydrogens is 206 g/mol. The van der Waals surface area contributed by atoms with Crippen LogP contribution >= 0.6 is 15.9 Å². The zero-order valence-corrected chi connectivity index (χ0v) is 8.22. The molecule has 3 heteroatoms. The van der Waals surface area contributed by atoms with Crippen LogP contribution in [0.4, 0.5) is 0 Å². The molecule has 0 amide bonds. The summed E-state index contributed by atoms with van der Waals surface area (Å²) in [6, 6.07) is 1.99. The van der Waals surface area contributed by atoms with Crippen molar-refractivity contribution in [1.29, 1.82) is 0 Å². The average Bonchev–Trinajstić information content (AvgIpc) is 1.85. The minimum atomic E-state index is 0.0668. The summed E-state index contributed by atoms with van der Waals surface area (Å²) in [7, 11) is 1.92. The Labute approximate surface area is 74.6 Å². The molecule has 0 aromatic carbocycles. The molecule has 1 aromatic rings. The fourth-order valence-corrected chi connectivity index (χ4v) is 1.83. The second kappa shape index (κ2) is 3.32. The van der Waals surface area contributed by atoms with Gasteiger partial charge in [0.15, 0.2) is 6.20 Å². The average molecular weight is 217 g/mol. The van der Waals surface area contributed by atoms with Crippen molar-refractivity contribution in [2.45, 2.75) is 13.5 Å². The first-order valence-corrected chi connectivity index (χ1v) is 4.20. The molecule has 0 aliphatic heterocycles. The summed E-state index contributed by atoms with van der Waals surface area (Å²) in [5.74, 6) is 0. The molecule has 0 radical (unpaired) electrons. The van der Waals surface area contributed by atoms with E-state index < -0.39 is 0 Å². The number of aryl methyl sites for hydroxylation is 2. The number of aliphatic hydroxyl groups excluding tert-OH is 1. The molecule has 0 aliphatic rings. The molecule has 0 bridgehead atoms. The van der Waals surface area contributed by atoms with E-state index in [2.05, 4.69) is 15.9 Å². The molecule has 1 heterocycles. The first-order valence-electron chi connectivity index (χ1n) is 3.40. The number of rotatable bonds is 1. The molecule has 1 aromatic heterocycles. The van der Waals surface area contributed by atoms with Crippen molar-refractivity contribution in [3.63, 3.8) is 0 Å². The Balaban J connectivity index is 3.25. The largest absolute Gasteiger partial charge is 0.385 e.